The zero-order valence-electron chi connectivity index (χ0n) is 12.4. The minimum atomic E-state index is -0.935. The van der Waals surface area contributed by atoms with Crippen LogP contribution in [0.4, 0.5) is 8.78 Å². The van der Waals surface area contributed by atoms with E-state index in [4.69, 9.17) is 14.8 Å². The third-order valence-corrected chi connectivity index (χ3v) is 2.92. The van der Waals surface area contributed by atoms with Gasteiger partial charge in [-0.15, -0.1) is 6.58 Å². The maximum Gasteiger partial charge on any atom is 0.147 e. The Bertz CT molecular complexity index is 683. The van der Waals surface area contributed by atoms with Crippen LogP contribution in [0.2, 0.25) is 0 Å². The van der Waals surface area contributed by atoms with Crippen molar-refractivity contribution >= 4 is 6.79 Å². The maximum atomic E-state index is 13.5. The molecule has 0 bridgehead atoms. The molecule has 0 aromatic heterocycles. The molecule has 0 N–H and O–H groups in total. The molecule has 0 unspecified atom stereocenters. The average molecular weight is 315 g/mol. The topological polar surface area (TPSA) is 50.1 Å². The van der Waals surface area contributed by atoms with Crippen LogP contribution in [0.1, 0.15) is 17.5 Å². The Morgan fingerprint density at radius 1 is 1.09 bits per heavy atom. The SMILES string of the molecule is C=CCCc1ccc(Oc2cc(F)c(C#N)c(F)c2)cc1.C=O. The molecule has 2 aromatic carbocycles. The Kier molecular flexibility index (Phi) is 7.15. The van der Waals surface area contributed by atoms with E-state index in [1.807, 2.05) is 25.0 Å². The van der Waals surface area contributed by atoms with E-state index in [0.717, 1.165) is 30.5 Å². The number of rotatable bonds is 5. The normalized spacial score (nSPS) is 9.26. The Morgan fingerprint density at radius 2 is 1.65 bits per heavy atom. The number of halogens is 2. The van der Waals surface area contributed by atoms with E-state index in [0.29, 0.717) is 5.75 Å². The van der Waals surface area contributed by atoms with Crippen LogP contribution in [-0.2, 0) is 11.2 Å². The Labute approximate surface area is 133 Å². The van der Waals surface area contributed by atoms with Gasteiger partial charge in [0.15, 0.2) is 0 Å². The molecular weight excluding hydrogens is 300 g/mol. The quantitative estimate of drug-likeness (QED) is 0.760. The number of nitriles is 1. The Hall–Kier alpha value is -3.00. The molecule has 0 aliphatic rings. The third kappa shape index (κ3) is 5.04. The van der Waals surface area contributed by atoms with Gasteiger partial charge in [0.25, 0.3) is 0 Å². The smallest absolute Gasteiger partial charge is 0.147 e. The lowest BCUT2D eigenvalue weighted by Gasteiger charge is -2.08. The second-order valence-electron chi connectivity index (χ2n) is 4.45. The summed E-state index contributed by atoms with van der Waals surface area (Å²) in [7, 11) is 0. The molecule has 2 rings (SSSR count). The average Bonchev–Trinajstić information content (AvgIpc) is 2.56. The molecule has 5 heteroatoms. The fourth-order valence-corrected chi connectivity index (χ4v) is 1.84. The summed E-state index contributed by atoms with van der Waals surface area (Å²) in [5.74, 6) is -1.38. The van der Waals surface area contributed by atoms with E-state index in [1.165, 1.54) is 6.07 Å². The van der Waals surface area contributed by atoms with Crippen LogP contribution in [0, 0.1) is 23.0 Å². The summed E-state index contributed by atoms with van der Waals surface area (Å²) in [6.07, 6.45) is 3.60. The van der Waals surface area contributed by atoms with Gasteiger partial charge in [-0.1, -0.05) is 18.2 Å². The highest BCUT2D eigenvalue weighted by Crippen LogP contribution is 2.25. The highest BCUT2D eigenvalue weighted by Gasteiger charge is 2.11. The molecule has 0 saturated carbocycles. The van der Waals surface area contributed by atoms with Crippen LogP contribution < -0.4 is 4.74 Å². The van der Waals surface area contributed by atoms with Gasteiger partial charge in [-0.2, -0.15) is 5.26 Å². The van der Waals surface area contributed by atoms with Crippen molar-refractivity contribution in [3.8, 4) is 17.6 Å². The molecule has 0 spiro atoms. The number of carbonyl (C=O) groups is 1. The van der Waals surface area contributed by atoms with Gasteiger partial charge in [0.1, 0.15) is 41.6 Å². The second-order valence-corrected chi connectivity index (χ2v) is 4.45. The summed E-state index contributed by atoms with van der Waals surface area (Å²) in [5, 5.41) is 8.60. The van der Waals surface area contributed by atoms with Gasteiger partial charge in [0, 0.05) is 12.1 Å². The summed E-state index contributed by atoms with van der Waals surface area (Å²) in [5.41, 5.74) is 0.515. The predicted octanol–water partition coefficient (Wildman–Crippen LogP) is 4.56. The molecule has 0 heterocycles. The van der Waals surface area contributed by atoms with Crippen LogP contribution in [0.5, 0.6) is 11.5 Å². The summed E-state index contributed by atoms with van der Waals surface area (Å²) >= 11 is 0. The fraction of sp³-hybridized carbons (Fsp3) is 0.111. The molecule has 118 valence electrons. The first-order valence-electron chi connectivity index (χ1n) is 6.69. The third-order valence-electron chi connectivity index (χ3n) is 2.92. The minimum absolute atomic E-state index is 0.0165. The van der Waals surface area contributed by atoms with E-state index < -0.39 is 17.2 Å². The minimum Gasteiger partial charge on any atom is -0.457 e. The van der Waals surface area contributed by atoms with Crippen LogP contribution in [0.15, 0.2) is 49.1 Å². The monoisotopic (exact) mass is 315 g/mol. The van der Waals surface area contributed by atoms with E-state index in [-0.39, 0.29) is 5.75 Å². The number of benzene rings is 2. The molecule has 0 saturated heterocycles. The van der Waals surface area contributed by atoms with E-state index in [9.17, 15) is 8.78 Å². The van der Waals surface area contributed by atoms with Crippen LogP contribution in [0.25, 0.3) is 0 Å². The van der Waals surface area contributed by atoms with E-state index >= 15 is 0 Å². The lowest BCUT2D eigenvalue weighted by atomic mass is 10.1. The molecule has 23 heavy (non-hydrogen) atoms. The molecule has 3 nitrogen and oxygen atoms in total. The summed E-state index contributed by atoms with van der Waals surface area (Å²) in [6.45, 7) is 5.66. The number of nitrogens with zero attached hydrogens (tertiary/aromatic N) is 1. The number of hydrogen-bond acceptors (Lipinski definition) is 3. The maximum absolute atomic E-state index is 13.5. The van der Waals surface area contributed by atoms with Crippen molar-refractivity contribution in [2.45, 2.75) is 12.8 Å². The molecular formula is C18H15F2NO2. The van der Waals surface area contributed by atoms with E-state index in [1.54, 1.807) is 12.1 Å². The van der Waals surface area contributed by atoms with Crippen LogP contribution >= 0.6 is 0 Å². The van der Waals surface area contributed by atoms with Gasteiger partial charge in [-0.25, -0.2) is 8.78 Å². The van der Waals surface area contributed by atoms with Crippen molar-refractivity contribution in [2.75, 3.05) is 0 Å². The number of allylic oxidation sites excluding steroid dienone is 1. The van der Waals surface area contributed by atoms with Crippen LogP contribution in [-0.4, -0.2) is 6.79 Å². The van der Waals surface area contributed by atoms with Crippen LogP contribution in [0.3, 0.4) is 0 Å². The van der Waals surface area contributed by atoms with Gasteiger partial charge >= 0.3 is 0 Å². The van der Waals surface area contributed by atoms with Crippen molar-refractivity contribution in [1.82, 2.24) is 0 Å². The number of hydrogen-bond donors (Lipinski definition) is 0. The zero-order valence-corrected chi connectivity index (χ0v) is 12.4. The molecule has 0 radical (unpaired) electrons. The van der Waals surface area contributed by atoms with Gasteiger partial charge in [-0.05, 0) is 30.5 Å². The predicted molar refractivity (Wildman–Crippen MR) is 83.2 cm³/mol. The van der Waals surface area contributed by atoms with Gasteiger partial charge < -0.3 is 9.53 Å². The first-order chi connectivity index (χ1) is 11.1. The van der Waals surface area contributed by atoms with Crippen molar-refractivity contribution in [1.29, 1.82) is 5.26 Å². The van der Waals surface area contributed by atoms with Crippen molar-refractivity contribution in [3.05, 3.63) is 71.8 Å². The number of carbonyl (C=O) groups excluding carboxylic acids is 1. The first kappa shape index (κ1) is 18.1. The fourth-order valence-electron chi connectivity index (χ4n) is 1.84. The number of ether oxygens (including phenoxy) is 1. The van der Waals surface area contributed by atoms with E-state index in [2.05, 4.69) is 6.58 Å². The van der Waals surface area contributed by atoms with Crippen molar-refractivity contribution < 1.29 is 18.3 Å². The lowest BCUT2D eigenvalue weighted by Crippen LogP contribution is -1.93. The lowest BCUT2D eigenvalue weighted by molar-refractivity contribution is -0.0979. The molecule has 0 atom stereocenters. The van der Waals surface area contributed by atoms with Crippen molar-refractivity contribution in [2.24, 2.45) is 0 Å². The highest BCUT2D eigenvalue weighted by molar-refractivity contribution is 5.40. The molecule has 0 aliphatic heterocycles. The summed E-state index contributed by atoms with van der Waals surface area (Å²) in [4.78, 5) is 8.00. The highest BCUT2D eigenvalue weighted by atomic mass is 19.1. The zero-order chi connectivity index (χ0) is 17.2. The summed E-state index contributed by atoms with van der Waals surface area (Å²) in [6, 6.07) is 10.7. The Morgan fingerprint density at radius 3 is 2.13 bits per heavy atom. The molecule has 0 fully saturated rings. The van der Waals surface area contributed by atoms with Gasteiger partial charge in [-0.3, -0.25) is 0 Å². The molecule has 0 amide bonds. The van der Waals surface area contributed by atoms with Gasteiger partial charge in [0.05, 0.1) is 0 Å². The number of aryl methyl sites for hydroxylation is 1. The second kappa shape index (κ2) is 9.11. The molecule has 0 aliphatic carbocycles. The largest absolute Gasteiger partial charge is 0.457 e. The first-order valence-corrected chi connectivity index (χ1v) is 6.69. The van der Waals surface area contributed by atoms with Gasteiger partial charge in [0.2, 0.25) is 0 Å². The van der Waals surface area contributed by atoms with Crippen molar-refractivity contribution in [3.63, 3.8) is 0 Å². The summed E-state index contributed by atoms with van der Waals surface area (Å²) < 4.78 is 32.3. The Balaban J connectivity index is 0.00000127. The molecule has 2 aromatic rings. The standard InChI is InChI=1S/C17H13F2NO.CH2O/c1-2-3-4-12-5-7-13(8-6-12)21-14-9-16(18)15(11-20)17(19)10-14;1-2/h2,5-10H,1,3-4H2;1H2.